The molecule has 0 saturated heterocycles. The molecule has 10 heavy (non-hydrogen) atoms. The average Bonchev–Trinajstić information content (AvgIpc) is 1.99. The van der Waals surface area contributed by atoms with Gasteiger partial charge in [-0.1, -0.05) is 13.2 Å². The van der Waals surface area contributed by atoms with Crippen LogP contribution >= 0.6 is 0 Å². The van der Waals surface area contributed by atoms with Gasteiger partial charge in [0.2, 0.25) is 0 Å². The molecule has 0 aliphatic heterocycles. The van der Waals surface area contributed by atoms with E-state index in [9.17, 15) is 4.79 Å². The highest BCUT2D eigenvalue weighted by atomic mass is 16.5. The van der Waals surface area contributed by atoms with Gasteiger partial charge in [0, 0.05) is 6.08 Å². The number of carbonyl (C=O) groups is 1. The molecule has 1 unspecified atom stereocenters. The van der Waals surface area contributed by atoms with E-state index < -0.39 is 12.1 Å². The number of hydrogen-bond acceptors (Lipinski definition) is 3. The van der Waals surface area contributed by atoms with E-state index in [4.69, 9.17) is 5.11 Å². The summed E-state index contributed by atoms with van der Waals surface area (Å²) in [4.78, 5) is 10.4. The van der Waals surface area contributed by atoms with Crippen LogP contribution in [0.5, 0.6) is 0 Å². The van der Waals surface area contributed by atoms with Gasteiger partial charge in [-0.05, 0) is 6.08 Å². The van der Waals surface area contributed by atoms with E-state index in [1.165, 1.54) is 6.08 Å². The van der Waals surface area contributed by atoms with Crippen molar-refractivity contribution < 1.29 is 14.6 Å². The summed E-state index contributed by atoms with van der Waals surface area (Å²) >= 11 is 0. The second-order valence-corrected chi connectivity index (χ2v) is 1.60. The zero-order valence-electron chi connectivity index (χ0n) is 5.62. The molecule has 0 aromatic rings. The predicted molar refractivity (Wildman–Crippen MR) is 37.4 cm³/mol. The number of hydrogen-bond donors (Lipinski definition) is 1. The highest BCUT2D eigenvalue weighted by Gasteiger charge is 2.04. The Morgan fingerprint density at radius 1 is 1.70 bits per heavy atom. The lowest BCUT2D eigenvalue weighted by molar-refractivity contribution is -0.142. The van der Waals surface area contributed by atoms with Crippen LogP contribution in [-0.2, 0) is 9.53 Å². The molecule has 0 aromatic carbocycles. The Morgan fingerprint density at radius 3 is 2.60 bits per heavy atom. The van der Waals surface area contributed by atoms with Crippen molar-refractivity contribution >= 4 is 5.97 Å². The molecule has 0 heterocycles. The molecule has 3 nitrogen and oxygen atoms in total. The van der Waals surface area contributed by atoms with Crippen LogP contribution in [0.1, 0.15) is 0 Å². The zero-order chi connectivity index (χ0) is 7.98. The van der Waals surface area contributed by atoms with Crippen molar-refractivity contribution in [3.05, 3.63) is 25.3 Å². The first-order chi connectivity index (χ1) is 4.74. The predicted octanol–water partition coefficient (Wildman–Crippen LogP) is 0.262. The van der Waals surface area contributed by atoms with Gasteiger partial charge in [-0.3, -0.25) is 0 Å². The maximum Gasteiger partial charge on any atom is 0.330 e. The molecule has 0 spiro atoms. The molecular formula is C7H10O3. The molecule has 0 aliphatic carbocycles. The summed E-state index contributed by atoms with van der Waals surface area (Å²) in [6, 6.07) is 0. The maximum absolute atomic E-state index is 10.4. The fourth-order valence-electron chi connectivity index (χ4n) is 0.357. The molecule has 0 aliphatic rings. The third-order valence-electron chi connectivity index (χ3n) is 0.877. The van der Waals surface area contributed by atoms with Crippen LogP contribution < -0.4 is 0 Å². The molecule has 0 amide bonds. The van der Waals surface area contributed by atoms with Crippen LogP contribution in [0.15, 0.2) is 25.3 Å². The summed E-state index contributed by atoms with van der Waals surface area (Å²) < 4.78 is 4.57. The zero-order valence-corrected chi connectivity index (χ0v) is 5.62. The summed E-state index contributed by atoms with van der Waals surface area (Å²) in [5.41, 5.74) is 0. The Labute approximate surface area is 59.6 Å². The SMILES string of the molecule is C=CC(=O)OC(C=C)CO. The Kier molecular flexibility index (Phi) is 4.24. The summed E-state index contributed by atoms with van der Waals surface area (Å²) in [5, 5.41) is 8.49. The maximum atomic E-state index is 10.4. The second kappa shape index (κ2) is 4.76. The first kappa shape index (κ1) is 8.91. The van der Waals surface area contributed by atoms with E-state index in [2.05, 4.69) is 17.9 Å². The molecule has 0 fully saturated rings. The highest BCUT2D eigenvalue weighted by Crippen LogP contribution is 1.92. The molecule has 0 rings (SSSR count). The van der Waals surface area contributed by atoms with Crippen molar-refractivity contribution in [1.82, 2.24) is 0 Å². The highest BCUT2D eigenvalue weighted by molar-refractivity contribution is 5.81. The minimum absolute atomic E-state index is 0.247. The van der Waals surface area contributed by atoms with Crippen LogP contribution in [-0.4, -0.2) is 23.8 Å². The van der Waals surface area contributed by atoms with E-state index in [1.807, 2.05) is 0 Å². The van der Waals surface area contributed by atoms with Gasteiger partial charge in [-0.2, -0.15) is 0 Å². The fraction of sp³-hybridized carbons (Fsp3) is 0.286. The van der Waals surface area contributed by atoms with Gasteiger partial charge >= 0.3 is 5.97 Å². The van der Waals surface area contributed by atoms with Gasteiger partial charge in [0.1, 0.15) is 6.10 Å². The summed E-state index contributed by atoms with van der Waals surface area (Å²) in [7, 11) is 0. The fourth-order valence-corrected chi connectivity index (χ4v) is 0.357. The lowest BCUT2D eigenvalue weighted by Crippen LogP contribution is -2.17. The van der Waals surface area contributed by atoms with Gasteiger partial charge in [-0.25, -0.2) is 4.79 Å². The third-order valence-corrected chi connectivity index (χ3v) is 0.877. The molecule has 1 N–H and O–H groups in total. The van der Waals surface area contributed by atoms with Gasteiger partial charge < -0.3 is 9.84 Å². The third kappa shape index (κ3) is 3.04. The van der Waals surface area contributed by atoms with Crippen molar-refractivity contribution in [2.24, 2.45) is 0 Å². The van der Waals surface area contributed by atoms with Crippen molar-refractivity contribution in [3.63, 3.8) is 0 Å². The second-order valence-electron chi connectivity index (χ2n) is 1.60. The molecule has 0 saturated carbocycles. The molecule has 1 atom stereocenters. The van der Waals surface area contributed by atoms with Crippen molar-refractivity contribution in [2.45, 2.75) is 6.10 Å². The number of ether oxygens (including phenoxy) is 1. The van der Waals surface area contributed by atoms with Crippen LogP contribution in [0.3, 0.4) is 0 Å². The Hall–Kier alpha value is -1.09. The van der Waals surface area contributed by atoms with E-state index in [0.29, 0.717) is 0 Å². The quantitative estimate of drug-likeness (QED) is 0.348. The van der Waals surface area contributed by atoms with Crippen molar-refractivity contribution in [3.8, 4) is 0 Å². The van der Waals surface area contributed by atoms with E-state index in [0.717, 1.165) is 6.08 Å². The van der Waals surface area contributed by atoms with Crippen LogP contribution in [0.2, 0.25) is 0 Å². The summed E-state index contributed by atoms with van der Waals surface area (Å²) in [5.74, 6) is -0.557. The van der Waals surface area contributed by atoms with Gasteiger partial charge in [0.25, 0.3) is 0 Å². The number of aliphatic hydroxyl groups is 1. The Morgan fingerprint density at radius 2 is 2.30 bits per heavy atom. The van der Waals surface area contributed by atoms with Crippen molar-refractivity contribution in [2.75, 3.05) is 6.61 Å². The monoisotopic (exact) mass is 142 g/mol. The molecule has 3 heteroatoms. The standard InChI is InChI=1S/C7H10O3/c1-3-6(5-8)10-7(9)4-2/h3-4,6,8H,1-2,5H2. The van der Waals surface area contributed by atoms with Crippen molar-refractivity contribution in [1.29, 1.82) is 0 Å². The van der Waals surface area contributed by atoms with Crippen LogP contribution in [0.25, 0.3) is 0 Å². The minimum atomic E-state index is -0.620. The van der Waals surface area contributed by atoms with Crippen LogP contribution in [0.4, 0.5) is 0 Å². The number of esters is 1. The summed E-state index contributed by atoms with van der Waals surface area (Å²) in [6.45, 7) is 6.29. The minimum Gasteiger partial charge on any atom is -0.453 e. The van der Waals surface area contributed by atoms with E-state index in [-0.39, 0.29) is 6.61 Å². The lowest BCUT2D eigenvalue weighted by atomic mass is 10.4. The number of rotatable bonds is 4. The van der Waals surface area contributed by atoms with Gasteiger partial charge in [-0.15, -0.1) is 0 Å². The Bertz CT molecular complexity index is 140. The molecule has 0 radical (unpaired) electrons. The van der Waals surface area contributed by atoms with Gasteiger partial charge in [0.15, 0.2) is 0 Å². The number of carbonyl (C=O) groups excluding carboxylic acids is 1. The van der Waals surface area contributed by atoms with Gasteiger partial charge in [0.05, 0.1) is 6.61 Å². The largest absolute Gasteiger partial charge is 0.453 e. The normalized spacial score (nSPS) is 11.7. The Balaban J connectivity index is 3.73. The van der Waals surface area contributed by atoms with E-state index >= 15 is 0 Å². The van der Waals surface area contributed by atoms with Crippen LogP contribution in [0, 0.1) is 0 Å². The molecule has 56 valence electrons. The first-order valence-electron chi connectivity index (χ1n) is 2.81. The van der Waals surface area contributed by atoms with E-state index in [1.54, 1.807) is 0 Å². The molecule has 0 bridgehead atoms. The first-order valence-corrected chi connectivity index (χ1v) is 2.81. The molecular weight excluding hydrogens is 132 g/mol. The number of aliphatic hydroxyl groups excluding tert-OH is 1. The smallest absolute Gasteiger partial charge is 0.330 e. The summed E-state index contributed by atoms with van der Waals surface area (Å²) in [6.07, 6.45) is 1.76. The lowest BCUT2D eigenvalue weighted by Gasteiger charge is -2.07. The average molecular weight is 142 g/mol. The molecule has 0 aromatic heterocycles. The topological polar surface area (TPSA) is 46.5 Å².